The Hall–Kier alpha value is -1.93. The van der Waals surface area contributed by atoms with Crippen molar-refractivity contribution in [2.24, 2.45) is 4.99 Å². The number of hydrogen-bond donors (Lipinski definition) is 2. The summed E-state index contributed by atoms with van der Waals surface area (Å²) in [6.07, 6.45) is 6.18. The Kier molecular flexibility index (Phi) is 7.45. The van der Waals surface area contributed by atoms with Gasteiger partial charge >= 0.3 is 0 Å². The lowest BCUT2D eigenvalue weighted by atomic mass is 10.2. The first-order valence-electron chi connectivity index (χ1n) is 9.38. The SMILES string of the molecule is CCc1nncn1CCNC(=NCC1CCCO1)NCCc1cccs1. The summed E-state index contributed by atoms with van der Waals surface area (Å²) in [6, 6.07) is 4.26. The zero-order valence-electron chi connectivity index (χ0n) is 15.4. The van der Waals surface area contributed by atoms with Gasteiger partial charge in [-0.05, 0) is 30.7 Å². The minimum absolute atomic E-state index is 0.260. The molecule has 8 heteroatoms. The van der Waals surface area contributed by atoms with Crippen molar-refractivity contribution in [1.29, 1.82) is 0 Å². The van der Waals surface area contributed by atoms with Gasteiger partial charge in [-0.25, -0.2) is 0 Å². The average molecular weight is 377 g/mol. The summed E-state index contributed by atoms with van der Waals surface area (Å²) >= 11 is 1.79. The number of aryl methyl sites for hydroxylation is 1. The van der Waals surface area contributed by atoms with E-state index in [1.54, 1.807) is 17.7 Å². The van der Waals surface area contributed by atoms with Crippen molar-refractivity contribution >= 4 is 17.3 Å². The summed E-state index contributed by atoms with van der Waals surface area (Å²) in [7, 11) is 0. The van der Waals surface area contributed by atoms with Crippen molar-refractivity contribution in [2.45, 2.75) is 45.3 Å². The van der Waals surface area contributed by atoms with Gasteiger partial charge in [-0.15, -0.1) is 21.5 Å². The Morgan fingerprint density at radius 3 is 3.12 bits per heavy atom. The third-order valence-corrected chi connectivity index (χ3v) is 5.31. The lowest BCUT2D eigenvalue weighted by molar-refractivity contribution is 0.117. The van der Waals surface area contributed by atoms with Gasteiger partial charge < -0.3 is 19.9 Å². The molecule has 1 fully saturated rings. The van der Waals surface area contributed by atoms with Crippen LogP contribution >= 0.6 is 11.3 Å². The molecule has 2 aromatic rings. The van der Waals surface area contributed by atoms with E-state index in [0.717, 1.165) is 63.7 Å². The first kappa shape index (κ1) is 18.8. The van der Waals surface area contributed by atoms with Crippen molar-refractivity contribution in [3.8, 4) is 0 Å². The smallest absolute Gasteiger partial charge is 0.191 e. The lowest BCUT2D eigenvalue weighted by Crippen LogP contribution is -2.40. The fourth-order valence-corrected chi connectivity index (χ4v) is 3.66. The summed E-state index contributed by atoms with van der Waals surface area (Å²) in [5, 5.41) is 17.1. The second-order valence-electron chi connectivity index (χ2n) is 6.30. The molecule has 1 saturated heterocycles. The van der Waals surface area contributed by atoms with Crippen molar-refractivity contribution in [3.63, 3.8) is 0 Å². The van der Waals surface area contributed by atoms with Crippen LogP contribution < -0.4 is 10.6 Å². The van der Waals surface area contributed by atoms with Crippen molar-refractivity contribution < 1.29 is 4.74 Å². The molecule has 26 heavy (non-hydrogen) atoms. The van der Waals surface area contributed by atoms with E-state index in [9.17, 15) is 0 Å². The zero-order valence-corrected chi connectivity index (χ0v) is 16.2. The lowest BCUT2D eigenvalue weighted by Gasteiger charge is -2.14. The van der Waals surface area contributed by atoms with E-state index in [2.05, 4.69) is 49.8 Å². The summed E-state index contributed by atoms with van der Waals surface area (Å²) in [6.45, 7) is 6.13. The predicted octanol–water partition coefficient (Wildman–Crippen LogP) is 1.86. The first-order valence-corrected chi connectivity index (χ1v) is 10.3. The van der Waals surface area contributed by atoms with Crippen LogP contribution in [0.2, 0.25) is 0 Å². The maximum absolute atomic E-state index is 5.68. The molecule has 2 aromatic heterocycles. The zero-order chi connectivity index (χ0) is 18.0. The molecule has 0 amide bonds. The Bertz CT molecular complexity index is 663. The third kappa shape index (κ3) is 5.81. The van der Waals surface area contributed by atoms with Gasteiger partial charge in [0.2, 0.25) is 0 Å². The molecule has 1 aliphatic heterocycles. The quantitative estimate of drug-likeness (QED) is 0.516. The van der Waals surface area contributed by atoms with E-state index < -0.39 is 0 Å². The monoisotopic (exact) mass is 376 g/mol. The molecule has 1 unspecified atom stereocenters. The van der Waals surface area contributed by atoms with Crippen molar-refractivity contribution in [3.05, 3.63) is 34.5 Å². The van der Waals surface area contributed by atoms with Crippen LogP contribution in [0.5, 0.6) is 0 Å². The number of aliphatic imine (C=N–C) groups is 1. The van der Waals surface area contributed by atoms with Gasteiger partial charge in [0.15, 0.2) is 5.96 Å². The van der Waals surface area contributed by atoms with E-state index in [0.29, 0.717) is 6.54 Å². The standard InChI is InChI=1S/C18H28N6OS/c1-2-17-23-22-14-24(17)10-9-20-18(21-13-15-5-3-11-25-15)19-8-7-16-6-4-12-26-16/h4,6,12,14-15H,2-3,5,7-11,13H2,1H3,(H2,19,20,21). The number of nitrogens with zero attached hydrogens (tertiary/aromatic N) is 4. The van der Waals surface area contributed by atoms with Crippen LogP contribution in [0.1, 0.15) is 30.5 Å². The summed E-state index contributed by atoms with van der Waals surface area (Å²) in [4.78, 5) is 6.10. The number of nitrogens with one attached hydrogen (secondary N) is 2. The molecular weight excluding hydrogens is 348 g/mol. The largest absolute Gasteiger partial charge is 0.376 e. The van der Waals surface area contributed by atoms with Crippen LogP contribution in [-0.4, -0.2) is 53.1 Å². The second kappa shape index (κ2) is 10.3. The molecule has 0 aliphatic carbocycles. The summed E-state index contributed by atoms with van der Waals surface area (Å²) < 4.78 is 7.76. The minimum atomic E-state index is 0.260. The molecule has 3 heterocycles. The normalized spacial score (nSPS) is 17.6. The fraction of sp³-hybridized carbons (Fsp3) is 0.611. The highest BCUT2D eigenvalue weighted by Crippen LogP contribution is 2.12. The molecule has 1 aliphatic rings. The maximum atomic E-state index is 5.68. The summed E-state index contributed by atoms with van der Waals surface area (Å²) in [5.74, 6) is 1.86. The van der Waals surface area contributed by atoms with E-state index in [1.807, 2.05) is 0 Å². The molecule has 0 radical (unpaired) electrons. The number of guanidine groups is 1. The Balaban J connectivity index is 1.48. The molecule has 142 valence electrons. The highest BCUT2D eigenvalue weighted by molar-refractivity contribution is 7.09. The molecule has 7 nitrogen and oxygen atoms in total. The molecule has 1 atom stereocenters. The van der Waals surface area contributed by atoms with Crippen LogP contribution in [0.3, 0.4) is 0 Å². The molecule has 0 spiro atoms. The maximum Gasteiger partial charge on any atom is 0.191 e. The van der Waals surface area contributed by atoms with Gasteiger partial charge in [-0.3, -0.25) is 4.99 Å². The van der Waals surface area contributed by atoms with Crippen molar-refractivity contribution in [2.75, 3.05) is 26.2 Å². The van der Waals surface area contributed by atoms with Crippen LogP contribution in [-0.2, 0) is 24.1 Å². The first-order chi connectivity index (χ1) is 12.8. The van der Waals surface area contributed by atoms with Crippen LogP contribution in [0, 0.1) is 0 Å². The van der Waals surface area contributed by atoms with Gasteiger partial charge in [0.05, 0.1) is 12.6 Å². The summed E-state index contributed by atoms with van der Waals surface area (Å²) in [5.41, 5.74) is 0. The molecule has 2 N–H and O–H groups in total. The number of aromatic nitrogens is 3. The average Bonchev–Trinajstić information content (AvgIpc) is 3.41. The second-order valence-corrected chi connectivity index (χ2v) is 7.33. The Morgan fingerprint density at radius 2 is 2.35 bits per heavy atom. The van der Waals surface area contributed by atoms with E-state index in [4.69, 9.17) is 9.73 Å². The molecular formula is C18H28N6OS. The van der Waals surface area contributed by atoms with E-state index in [1.165, 1.54) is 4.88 Å². The van der Waals surface area contributed by atoms with Crippen LogP contribution in [0.25, 0.3) is 0 Å². The number of thiophene rings is 1. The Labute approximate surface area is 158 Å². The van der Waals surface area contributed by atoms with Gasteiger partial charge in [-0.2, -0.15) is 0 Å². The number of hydrogen-bond acceptors (Lipinski definition) is 5. The fourth-order valence-electron chi connectivity index (χ4n) is 2.95. The Morgan fingerprint density at radius 1 is 1.42 bits per heavy atom. The van der Waals surface area contributed by atoms with Gasteiger partial charge in [-0.1, -0.05) is 13.0 Å². The number of ether oxygens (including phenoxy) is 1. The van der Waals surface area contributed by atoms with Crippen molar-refractivity contribution in [1.82, 2.24) is 25.4 Å². The number of rotatable bonds is 9. The van der Waals surface area contributed by atoms with Gasteiger partial charge in [0.25, 0.3) is 0 Å². The molecule has 0 saturated carbocycles. The molecule has 0 aromatic carbocycles. The van der Waals surface area contributed by atoms with E-state index in [-0.39, 0.29) is 6.10 Å². The predicted molar refractivity (Wildman–Crippen MR) is 105 cm³/mol. The van der Waals surface area contributed by atoms with Gasteiger partial charge in [0, 0.05) is 37.5 Å². The third-order valence-electron chi connectivity index (χ3n) is 4.38. The van der Waals surface area contributed by atoms with E-state index >= 15 is 0 Å². The minimum Gasteiger partial charge on any atom is -0.376 e. The topological polar surface area (TPSA) is 76.4 Å². The van der Waals surface area contributed by atoms with Crippen LogP contribution in [0.15, 0.2) is 28.8 Å². The highest BCUT2D eigenvalue weighted by atomic mass is 32.1. The highest BCUT2D eigenvalue weighted by Gasteiger charge is 2.15. The van der Waals surface area contributed by atoms with Gasteiger partial charge in [0.1, 0.15) is 12.2 Å². The molecule has 0 bridgehead atoms. The molecule has 3 rings (SSSR count). The van der Waals surface area contributed by atoms with Crippen LogP contribution in [0.4, 0.5) is 0 Å².